The Morgan fingerprint density at radius 1 is 1.36 bits per heavy atom. The topological polar surface area (TPSA) is 47.0 Å². The lowest BCUT2D eigenvalue weighted by atomic mass is 10.5. The van der Waals surface area contributed by atoms with Gasteiger partial charge in [-0.25, -0.2) is 8.42 Å². The summed E-state index contributed by atoms with van der Waals surface area (Å²) in [5.41, 5.74) is 0. The average Bonchev–Trinajstić information content (AvgIpc) is 1.86. The normalized spacial score (nSPS) is 11.5. The number of aromatic nitrogens is 1. The van der Waals surface area contributed by atoms with Crippen molar-refractivity contribution < 1.29 is 8.42 Å². The number of hydrogen-bond donors (Lipinski definition) is 0. The van der Waals surface area contributed by atoms with Gasteiger partial charge in [-0.05, 0) is 6.07 Å². The van der Waals surface area contributed by atoms with E-state index in [0.717, 1.165) is 6.20 Å². The van der Waals surface area contributed by atoms with Gasteiger partial charge in [-0.15, -0.1) is 0 Å². The number of hydrogen-bond acceptors (Lipinski definition) is 3. The molecule has 0 fully saturated rings. The van der Waals surface area contributed by atoms with Crippen LogP contribution in [0.25, 0.3) is 0 Å². The van der Waals surface area contributed by atoms with E-state index in [9.17, 15) is 8.42 Å². The predicted molar refractivity (Wildman–Crippen MR) is 42.3 cm³/mol. The SMILES string of the molecule is O=S(=O)(Cl)c1cncc(Cl)c1. The summed E-state index contributed by atoms with van der Waals surface area (Å²) in [5, 5.41) is 0.242. The largest absolute Gasteiger partial charge is 0.262 e. The zero-order valence-corrected chi connectivity index (χ0v) is 7.49. The maximum atomic E-state index is 10.7. The van der Waals surface area contributed by atoms with E-state index >= 15 is 0 Å². The Morgan fingerprint density at radius 2 is 2.00 bits per heavy atom. The Bertz CT molecular complexity index is 363. The van der Waals surface area contributed by atoms with Crippen molar-refractivity contribution in [1.29, 1.82) is 0 Å². The molecular formula is C5H3Cl2NO2S. The first kappa shape index (κ1) is 8.77. The highest BCUT2D eigenvalue weighted by molar-refractivity contribution is 8.13. The molecule has 0 saturated carbocycles. The summed E-state index contributed by atoms with van der Waals surface area (Å²) in [4.78, 5) is 3.46. The van der Waals surface area contributed by atoms with E-state index in [0.29, 0.717) is 0 Å². The van der Waals surface area contributed by atoms with Crippen molar-refractivity contribution >= 4 is 31.3 Å². The second-order valence-electron chi connectivity index (χ2n) is 1.78. The quantitative estimate of drug-likeness (QED) is 0.665. The molecule has 0 amide bonds. The van der Waals surface area contributed by atoms with E-state index in [1.807, 2.05) is 0 Å². The third kappa shape index (κ3) is 2.32. The molecule has 0 radical (unpaired) electrons. The van der Waals surface area contributed by atoms with Crippen LogP contribution in [-0.4, -0.2) is 13.4 Å². The van der Waals surface area contributed by atoms with Crippen LogP contribution >= 0.6 is 22.3 Å². The smallest absolute Gasteiger partial charge is 0.262 e. The molecule has 0 bridgehead atoms. The van der Waals surface area contributed by atoms with Gasteiger partial charge in [-0.2, -0.15) is 0 Å². The molecule has 0 saturated heterocycles. The van der Waals surface area contributed by atoms with E-state index in [1.54, 1.807) is 0 Å². The Morgan fingerprint density at radius 3 is 2.36 bits per heavy atom. The molecule has 1 aromatic heterocycles. The lowest BCUT2D eigenvalue weighted by Gasteiger charge is -1.93. The first-order valence-electron chi connectivity index (χ1n) is 2.55. The van der Waals surface area contributed by atoms with Crippen molar-refractivity contribution in [3.63, 3.8) is 0 Å². The van der Waals surface area contributed by atoms with Crippen LogP contribution in [-0.2, 0) is 9.05 Å². The minimum Gasteiger partial charge on any atom is -0.262 e. The van der Waals surface area contributed by atoms with Gasteiger partial charge in [0.2, 0.25) is 0 Å². The Hall–Kier alpha value is -0.320. The molecular weight excluding hydrogens is 209 g/mol. The van der Waals surface area contributed by atoms with E-state index in [2.05, 4.69) is 4.98 Å². The minimum absolute atomic E-state index is 0.0910. The maximum Gasteiger partial charge on any atom is 0.262 e. The van der Waals surface area contributed by atoms with Crippen LogP contribution in [0.1, 0.15) is 0 Å². The van der Waals surface area contributed by atoms with Crippen LogP contribution in [0, 0.1) is 0 Å². The third-order valence-electron chi connectivity index (χ3n) is 0.961. The van der Waals surface area contributed by atoms with Crippen molar-refractivity contribution in [1.82, 2.24) is 4.98 Å². The van der Waals surface area contributed by atoms with Crippen LogP contribution in [0.5, 0.6) is 0 Å². The van der Waals surface area contributed by atoms with Crippen molar-refractivity contribution in [2.45, 2.75) is 4.90 Å². The highest BCUT2D eigenvalue weighted by Crippen LogP contribution is 2.16. The number of pyridine rings is 1. The molecule has 0 spiro atoms. The number of rotatable bonds is 1. The molecule has 1 heterocycles. The molecule has 0 aromatic carbocycles. The van der Waals surface area contributed by atoms with Crippen molar-refractivity contribution in [2.75, 3.05) is 0 Å². The molecule has 0 unspecified atom stereocenters. The Labute approximate surface area is 73.4 Å². The summed E-state index contributed by atoms with van der Waals surface area (Å²) in [6, 6.07) is 1.23. The van der Waals surface area contributed by atoms with Crippen LogP contribution in [0.3, 0.4) is 0 Å². The zero-order chi connectivity index (χ0) is 8.48. The summed E-state index contributed by atoms with van der Waals surface area (Å²) in [6.45, 7) is 0. The summed E-state index contributed by atoms with van der Waals surface area (Å²) in [6.07, 6.45) is 2.46. The third-order valence-corrected chi connectivity index (χ3v) is 2.49. The summed E-state index contributed by atoms with van der Waals surface area (Å²) in [7, 11) is 1.30. The van der Waals surface area contributed by atoms with Gasteiger partial charge in [0.05, 0.1) is 5.02 Å². The Balaban J connectivity index is 3.28. The zero-order valence-electron chi connectivity index (χ0n) is 5.16. The van der Waals surface area contributed by atoms with Gasteiger partial charge >= 0.3 is 0 Å². The van der Waals surface area contributed by atoms with Crippen LogP contribution in [0.2, 0.25) is 5.02 Å². The second kappa shape index (κ2) is 2.97. The monoisotopic (exact) mass is 211 g/mol. The van der Waals surface area contributed by atoms with Crippen molar-refractivity contribution in [2.24, 2.45) is 0 Å². The van der Waals surface area contributed by atoms with Crippen LogP contribution < -0.4 is 0 Å². The molecule has 0 N–H and O–H groups in total. The number of nitrogens with zero attached hydrogens (tertiary/aromatic N) is 1. The Kier molecular flexibility index (Phi) is 2.37. The summed E-state index contributed by atoms with van der Waals surface area (Å²) < 4.78 is 21.3. The lowest BCUT2D eigenvalue weighted by Crippen LogP contribution is -1.90. The summed E-state index contributed by atoms with van der Waals surface area (Å²) in [5.74, 6) is 0. The second-order valence-corrected chi connectivity index (χ2v) is 4.78. The van der Waals surface area contributed by atoms with Gasteiger partial charge in [0.1, 0.15) is 4.90 Å². The maximum absolute atomic E-state index is 10.7. The lowest BCUT2D eigenvalue weighted by molar-refractivity contribution is 0.609. The molecule has 0 aliphatic heterocycles. The molecule has 1 aromatic rings. The van der Waals surface area contributed by atoms with Crippen LogP contribution in [0.15, 0.2) is 23.4 Å². The molecule has 6 heteroatoms. The number of halogens is 2. The first-order valence-corrected chi connectivity index (χ1v) is 5.24. The molecule has 1 rings (SSSR count). The highest BCUT2D eigenvalue weighted by atomic mass is 35.7. The molecule has 11 heavy (non-hydrogen) atoms. The van der Waals surface area contributed by atoms with E-state index in [1.165, 1.54) is 12.3 Å². The fourth-order valence-electron chi connectivity index (χ4n) is 0.526. The standard InChI is InChI=1S/C5H3Cl2NO2S/c6-4-1-5(3-8-2-4)11(7,9)10/h1-3H. The minimum atomic E-state index is -3.70. The molecule has 0 aliphatic carbocycles. The molecule has 0 atom stereocenters. The average molecular weight is 212 g/mol. The predicted octanol–water partition coefficient (Wildman–Crippen LogP) is 1.66. The van der Waals surface area contributed by atoms with Gasteiger partial charge in [-0.1, -0.05) is 11.6 Å². The van der Waals surface area contributed by atoms with E-state index < -0.39 is 9.05 Å². The highest BCUT2D eigenvalue weighted by Gasteiger charge is 2.09. The first-order chi connectivity index (χ1) is 5.00. The van der Waals surface area contributed by atoms with E-state index in [-0.39, 0.29) is 9.92 Å². The molecule has 60 valence electrons. The fraction of sp³-hybridized carbons (Fsp3) is 0. The molecule has 3 nitrogen and oxygen atoms in total. The van der Waals surface area contributed by atoms with Gasteiger partial charge in [0.25, 0.3) is 9.05 Å². The van der Waals surface area contributed by atoms with Gasteiger partial charge < -0.3 is 0 Å². The summed E-state index contributed by atoms with van der Waals surface area (Å²) >= 11 is 5.47. The van der Waals surface area contributed by atoms with Crippen molar-refractivity contribution in [3.8, 4) is 0 Å². The van der Waals surface area contributed by atoms with Gasteiger partial charge in [0, 0.05) is 23.1 Å². The van der Waals surface area contributed by atoms with Crippen LogP contribution in [0.4, 0.5) is 0 Å². The van der Waals surface area contributed by atoms with Crippen molar-refractivity contribution in [3.05, 3.63) is 23.5 Å². The van der Waals surface area contributed by atoms with E-state index in [4.69, 9.17) is 22.3 Å². The van der Waals surface area contributed by atoms with Gasteiger partial charge in [0.15, 0.2) is 0 Å². The molecule has 0 aliphatic rings. The van der Waals surface area contributed by atoms with Gasteiger partial charge in [-0.3, -0.25) is 4.98 Å². The fourth-order valence-corrected chi connectivity index (χ4v) is 1.47.